The van der Waals surface area contributed by atoms with Crippen LogP contribution in [-0.2, 0) is 4.74 Å². The van der Waals surface area contributed by atoms with Crippen molar-refractivity contribution in [2.24, 2.45) is 0 Å². The Morgan fingerprint density at radius 2 is 2.15 bits per heavy atom. The molecule has 0 aliphatic carbocycles. The van der Waals surface area contributed by atoms with E-state index in [1.807, 2.05) is 13.8 Å². The number of morpholine rings is 1. The zero-order valence-corrected chi connectivity index (χ0v) is 12.9. The molecule has 0 radical (unpaired) electrons. The molecule has 6 heteroatoms. The molecule has 20 heavy (non-hydrogen) atoms. The molecule has 1 aromatic rings. The van der Waals surface area contributed by atoms with E-state index in [4.69, 9.17) is 4.74 Å². The largest absolute Gasteiger partial charge is 0.368 e. The minimum atomic E-state index is -1.01. The normalized spacial score (nSPS) is 21.9. The van der Waals surface area contributed by atoms with E-state index in [-0.39, 0.29) is 17.6 Å². The van der Waals surface area contributed by atoms with Crippen molar-refractivity contribution in [3.8, 4) is 0 Å². The second-order valence-electron chi connectivity index (χ2n) is 5.47. The van der Waals surface area contributed by atoms with E-state index in [1.54, 1.807) is 4.90 Å². The minimum Gasteiger partial charge on any atom is -0.368 e. The molecule has 2 rings (SSSR count). The lowest BCUT2D eigenvalue weighted by atomic mass is 10.0. The van der Waals surface area contributed by atoms with E-state index in [2.05, 4.69) is 15.9 Å². The summed E-state index contributed by atoms with van der Waals surface area (Å²) in [4.78, 5) is 14.0. The van der Waals surface area contributed by atoms with Crippen molar-refractivity contribution >= 4 is 21.8 Å². The summed E-state index contributed by atoms with van der Waals surface area (Å²) < 4.78 is 31.9. The first-order valence-electron chi connectivity index (χ1n) is 6.30. The fourth-order valence-corrected chi connectivity index (χ4v) is 2.68. The van der Waals surface area contributed by atoms with Crippen LogP contribution in [0.4, 0.5) is 8.78 Å². The monoisotopic (exact) mass is 347 g/mol. The van der Waals surface area contributed by atoms with E-state index >= 15 is 0 Å². The van der Waals surface area contributed by atoms with E-state index < -0.39 is 17.2 Å². The lowest BCUT2D eigenvalue weighted by molar-refractivity contribution is -0.116. The summed E-state index contributed by atoms with van der Waals surface area (Å²) in [5.41, 5.74) is -0.319. The maximum absolute atomic E-state index is 13.2. The molecule has 0 aromatic heterocycles. The number of halogens is 3. The Morgan fingerprint density at radius 3 is 2.75 bits per heavy atom. The number of rotatable bonds is 2. The van der Waals surface area contributed by atoms with Gasteiger partial charge in [0, 0.05) is 24.0 Å². The van der Waals surface area contributed by atoms with E-state index in [1.165, 1.54) is 6.07 Å². The number of amides is 1. The number of carbonyl (C=O) groups is 1. The maximum Gasteiger partial charge on any atom is 0.254 e. The van der Waals surface area contributed by atoms with Crippen LogP contribution in [0.2, 0.25) is 0 Å². The number of benzene rings is 1. The van der Waals surface area contributed by atoms with Crippen LogP contribution in [0.15, 0.2) is 18.2 Å². The van der Waals surface area contributed by atoms with Crippen LogP contribution in [0.3, 0.4) is 0 Å². The van der Waals surface area contributed by atoms with Crippen molar-refractivity contribution in [1.29, 1.82) is 0 Å². The zero-order valence-electron chi connectivity index (χ0n) is 11.3. The van der Waals surface area contributed by atoms with E-state index in [0.717, 1.165) is 12.1 Å². The predicted octanol–water partition coefficient (Wildman–Crippen LogP) is 2.98. The van der Waals surface area contributed by atoms with Crippen LogP contribution in [0.25, 0.3) is 0 Å². The first-order valence-corrected chi connectivity index (χ1v) is 7.42. The highest BCUT2D eigenvalue weighted by molar-refractivity contribution is 9.09. The van der Waals surface area contributed by atoms with Gasteiger partial charge in [-0.1, -0.05) is 15.9 Å². The Kier molecular flexibility index (Phi) is 4.44. The second kappa shape index (κ2) is 5.77. The summed E-state index contributed by atoms with van der Waals surface area (Å²) >= 11 is 3.34. The third-order valence-electron chi connectivity index (χ3n) is 3.11. The smallest absolute Gasteiger partial charge is 0.254 e. The molecule has 1 fully saturated rings. The Morgan fingerprint density at radius 1 is 1.45 bits per heavy atom. The fraction of sp³-hybridized carbons (Fsp3) is 0.500. The molecular weight excluding hydrogens is 332 g/mol. The number of ether oxygens (including phenoxy) is 1. The molecule has 1 aliphatic rings. The molecule has 1 atom stereocenters. The molecule has 0 saturated carbocycles. The van der Waals surface area contributed by atoms with Gasteiger partial charge < -0.3 is 9.64 Å². The van der Waals surface area contributed by atoms with Crippen LogP contribution >= 0.6 is 15.9 Å². The lowest BCUT2D eigenvalue weighted by Crippen LogP contribution is -2.55. The standard InChI is InChI=1S/C14H16BrF2NO2/c1-14(2)8-18(7-10(6-15)20-14)13(19)9-3-4-11(16)12(17)5-9/h3-5,10H,6-8H2,1-2H3. The third kappa shape index (κ3) is 3.35. The Bertz CT molecular complexity index is 522. The van der Waals surface area contributed by atoms with Gasteiger partial charge in [-0.25, -0.2) is 8.78 Å². The number of carbonyl (C=O) groups excluding carboxylic acids is 1. The van der Waals surface area contributed by atoms with Crippen molar-refractivity contribution < 1.29 is 18.3 Å². The summed E-state index contributed by atoms with van der Waals surface area (Å²) in [6, 6.07) is 3.20. The summed E-state index contributed by atoms with van der Waals surface area (Å²) in [6.07, 6.45) is -0.118. The molecule has 1 unspecified atom stereocenters. The minimum absolute atomic E-state index is 0.118. The molecule has 1 heterocycles. The zero-order chi connectivity index (χ0) is 14.9. The van der Waals surface area contributed by atoms with Gasteiger partial charge in [0.25, 0.3) is 5.91 Å². The van der Waals surface area contributed by atoms with Gasteiger partial charge in [0.05, 0.1) is 11.7 Å². The molecule has 1 amide bonds. The second-order valence-corrected chi connectivity index (χ2v) is 6.12. The molecular formula is C14H16BrF2NO2. The van der Waals surface area contributed by atoms with Crippen LogP contribution in [0.1, 0.15) is 24.2 Å². The lowest BCUT2D eigenvalue weighted by Gasteiger charge is -2.42. The highest BCUT2D eigenvalue weighted by Crippen LogP contribution is 2.23. The summed E-state index contributed by atoms with van der Waals surface area (Å²) in [7, 11) is 0. The Balaban J connectivity index is 2.21. The van der Waals surface area contributed by atoms with Crippen LogP contribution in [0, 0.1) is 11.6 Å². The van der Waals surface area contributed by atoms with Gasteiger partial charge >= 0.3 is 0 Å². The first kappa shape index (κ1) is 15.4. The molecule has 0 spiro atoms. The van der Waals surface area contributed by atoms with Crippen molar-refractivity contribution in [3.05, 3.63) is 35.4 Å². The fourth-order valence-electron chi connectivity index (χ4n) is 2.34. The van der Waals surface area contributed by atoms with Crippen LogP contribution < -0.4 is 0 Å². The number of hydrogen-bond donors (Lipinski definition) is 0. The Labute approximate surface area is 125 Å². The number of alkyl halides is 1. The first-order chi connectivity index (χ1) is 9.32. The predicted molar refractivity (Wildman–Crippen MR) is 75.0 cm³/mol. The van der Waals surface area contributed by atoms with Crippen molar-refractivity contribution in [2.75, 3.05) is 18.4 Å². The van der Waals surface area contributed by atoms with Crippen molar-refractivity contribution in [2.45, 2.75) is 25.6 Å². The van der Waals surface area contributed by atoms with Crippen molar-refractivity contribution in [1.82, 2.24) is 4.90 Å². The van der Waals surface area contributed by atoms with Gasteiger partial charge in [-0.05, 0) is 32.0 Å². The maximum atomic E-state index is 13.2. The molecule has 1 aromatic carbocycles. The van der Waals surface area contributed by atoms with E-state index in [0.29, 0.717) is 18.4 Å². The van der Waals surface area contributed by atoms with Gasteiger partial charge in [-0.15, -0.1) is 0 Å². The number of nitrogens with zero attached hydrogens (tertiary/aromatic N) is 1. The van der Waals surface area contributed by atoms with Crippen LogP contribution in [0.5, 0.6) is 0 Å². The summed E-state index contributed by atoms with van der Waals surface area (Å²) in [6.45, 7) is 4.63. The quantitative estimate of drug-likeness (QED) is 0.769. The topological polar surface area (TPSA) is 29.5 Å². The van der Waals surface area contributed by atoms with Gasteiger partial charge in [-0.3, -0.25) is 4.79 Å². The van der Waals surface area contributed by atoms with E-state index in [9.17, 15) is 13.6 Å². The van der Waals surface area contributed by atoms with Crippen molar-refractivity contribution in [3.63, 3.8) is 0 Å². The van der Waals surface area contributed by atoms with Gasteiger partial charge in [0.1, 0.15) is 0 Å². The average molecular weight is 348 g/mol. The SMILES string of the molecule is CC1(C)CN(C(=O)c2ccc(F)c(F)c2)CC(CBr)O1. The molecule has 1 aliphatic heterocycles. The average Bonchev–Trinajstić information content (AvgIpc) is 2.39. The molecule has 1 saturated heterocycles. The van der Waals surface area contributed by atoms with Gasteiger partial charge in [0.15, 0.2) is 11.6 Å². The molecule has 0 N–H and O–H groups in total. The Hall–Kier alpha value is -1.01. The van der Waals surface area contributed by atoms with Gasteiger partial charge in [0.2, 0.25) is 0 Å². The third-order valence-corrected chi connectivity index (χ3v) is 3.83. The molecule has 110 valence electrons. The molecule has 3 nitrogen and oxygen atoms in total. The summed E-state index contributed by atoms with van der Waals surface area (Å²) in [5.74, 6) is -2.28. The highest BCUT2D eigenvalue weighted by atomic mass is 79.9. The van der Waals surface area contributed by atoms with Crippen LogP contribution in [-0.4, -0.2) is 40.9 Å². The highest BCUT2D eigenvalue weighted by Gasteiger charge is 2.35. The number of hydrogen-bond acceptors (Lipinski definition) is 2. The van der Waals surface area contributed by atoms with Gasteiger partial charge in [-0.2, -0.15) is 0 Å². The summed E-state index contributed by atoms with van der Waals surface area (Å²) in [5, 5.41) is 0.609. The molecule has 0 bridgehead atoms.